The number of nitrogens with one attached hydrogen (secondary N) is 1. The fraction of sp³-hybridized carbons (Fsp3) is 0.389. The van der Waals surface area contributed by atoms with Crippen molar-refractivity contribution >= 4 is 17.0 Å². The van der Waals surface area contributed by atoms with Crippen molar-refractivity contribution in [1.82, 2.24) is 15.5 Å². The van der Waals surface area contributed by atoms with Crippen molar-refractivity contribution in [2.45, 2.75) is 38.2 Å². The van der Waals surface area contributed by atoms with Gasteiger partial charge in [0.25, 0.3) is 11.6 Å². The standard InChI is InChI=1S/C18H19N3O4/c1-10-15-12(8-13(11-5-6-11)20-17(15)25-21-10)16(22)19-9-18(2,23)14-4-3-7-24-14/h3-4,7-8,11,23H,5-6,9H2,1-2H3,(H,19,22). The zero-order valence-electron chi connectivity index (χ0n) is 14.1. The third kappa shape index (κ3) is 2.91. The smallest absolute Gasteiger partial charge is 0.259 e. The number of aryl methyl sites for hydroxylation is 1. The molecule has 0 bridgehead atoms. The number of hydrogen-bond acceptors (Lipinski definition) is 6. The maximum atomic E-state index is 12.8. The van der Waals surface area contributed by atoms with E-state index in [2.05, 4.69) is 15.5 Å². The van der Waals surface area contributed by atoms with Crippen LogP contribution in [0.25, 0.3) is 11.1 Å². The lowest BCUT2D eigenvalue weighted by Gasteiger charge is -2.21. The molecule has 1 aliphatic rings. The van der Waals surface area contributed by atoms with E-state index in [1.54, 1.807) is 32.0 Å². The fourth-order valence-electron chi connectivity index (χ4n) is 2.90. The zero-order chi connectivity index (χ0) is 17.6. The van der Waals surface area contributed by atoms with Gasteiger partial charge in [-0.1, -0.05) is 5.16 Å². The minimum Gasteiger partial charge on any atom is -0.466 e. The molecule has 3 heterocycles. The maximum Gasteiger partial charge on any atom is 0.259 e. The van der Waals surface area contributed by atoms with Gasteiger partial charge in [-0.2, -0.15) is 0 Å². The first-order valence-electron chi connectivity index (χ1n) is 8.27. The zero-order valence-corrected chi connectivity index (χ0v) is 14.1. The lowest BCUT2D eigenvalue weighted by Crippen LogP contribution is -2.38. The second kappa shape index (κ2) is 5.70. The Morgan fingerprint density at radius 3 is 2.96 bits per heavy atom. The number of aromatic nitrogens is 2. The molecule has 7 nitrogen and oxygen atoms in total. The van der Waals surface area contributed by atoms with E-state index in [-0.39, 0.29) is 12.5 Å². The number of rotatable bonds is 5. The van der Waals surface area contributed by atoms with Gasteiger partial charge in [-0.05, 0) is 44.9 Å². The van der Waals surface area contributed by atoms with Crippen LogP contribution in [0, 0.1) is 6.92 Å². The van der Waals surface area contributed by atoms with Crippen molar-refractivity contribution in [1.29, 1.82) is 0 Å². The van der Waals surface area contributed by atoms with E-state index in [1.165, 1.54) is 6.26 Å². The van der Waals surface area contributed by atoms with Crippen LogP contribution in [0.5, 0.6) is 0 Å². The molecule has 0 aliphatic heterocycles. The number of hydrogen-bond donors (Lipinski definition) is 2. The molecule has 130 valence electrons. The second-order valence-corrected chi connectivity index (χ2v) is 6.75. The van der Waals surface area contributed by atoms with Crippen molar-refractivity contribution in [2.75, 3.05) is 6.54 Å². The molecular weight excluding hydrogens is 322 g/mol. The average Bonchev–Trinajstić information content (AvgIpc) is 3.15. The van der Waals surface area contributed by atoms with Gasteiger partial charge in [-0.25, -0.2) is 4.98 Å². The average molecular weight is 341 g/mol. The lowest BCUT2D eigenvalue weighted by molar-refractivity contribution is 0.0330. The molecule has 1 unspecified atom stereocenters. The third-order valence-electron chi connectivity index (χ3n) is 4.52. The normalized spacial score (nSPS) is 16.8. The molecule has 1 aliphatic carbocycles. The van der Waals surface area contributed by atoms with Crippen LogP contribution in [0.3, 0.4) is 0 Å². The van der Waals surface area contributed by atoms with E-state index < -0.39 is 5.60 Å². The molecular formula is C18H19N3O4. The van der Waals surface area contributed by atoms with E-state index in [4.69, 9.17) is 8.94 Å². The van der Waals surface area contributed by atoms with Gasteiger partial charge in [0.2, 0.25) is 0 Å². The molecule has 0 aromatic carbocycles. The predicted molar refractivity (Wildman–Crippen MR) is 89.1 cm³/mol. The Morgan fingerprint density at radius 1 is 1.48 bits per heavy atom. The summed E-state index contributed by atoms with van der Waals surface area (Å²) < 4.78 is 10.5. The van der Waals surface area contributed by atoms with Crippen molar-refractivity contribution in [3.05, 3.63) is 47.2 Å². The summed E-state index contributed by atoms with van der Waals surface area (Å²) in [7, 11) is 0. The first-order chi connectivity index (χ1) is 12.0. The number of carbonyl (C=O) groups is 1. The molecule has 1 fully saturated rings. The highest BCUT2D eigenvalue weighted by atomic mass is 16.5. The first kappa shape index (κ1) is 15.8. The Morgan fingerprint density at radius 2 is 2.28 bits per heavy atom. The van der Waals surface area contributed by atoms with Crippen LogP contribution in [0.15, 0.2) is 33.4 Å². The van der Waals surface area contributed by atoms with Crippen molar-refractivity contribution in [3.8, 4) is 0 Å². The summed E-state index contributed by atoms with van der Waals surface area (Å²) in [4.78, 5) is 17.2. The third-order valence-corrected chi connectivity index (χ3v) is 4.52. The van der Waals surface area contributed by atoms with E-state index >= 15 is 0 Å². The topological polar surface area (TPSA) is 101 Å². The van der Waals surface area contributed by atoms with Crippen LogP contribution in [-0.4, -0.2) is 27.7 Å². The van der Waals surface area contributed by atoms with Gasteiger partial charge in [0.15, 0.2) is 0 Å². The molecule has 0 spiro atoms. The highest BCUT2D eigenvalue weighted by Gasteiger charge is 2.30. The second-order valence-electron chi connectivity index (χ2n) is 6.75. The van der Waals surface area contributed by atoms with Gasteiger partial charge in [-0.15, -0.1) is 0 Å². The highest BCUT2D eigenvalue weighted by molar-refractivity contribution is 6.06. The summed E-state index contributed by atoms with van der Waals surface area (Å²) in [6.07, 6.45) is 3.63. The maximum absolute atomic E-state index is 12.8. The van der Waals surface area contributed by atoms with Crippen LogP contribution >= 0.6 is 0 Å². The molecule has 0 saturated heterocycles. The van der Waals surface area contributed by atoms with Crippen LogP contribution in [0.1, 0.15) is 53.2 Å². The molecule has 4 rings (SSSR count). The Kier molecular flexibility index (Phi) is 3.61. The number of amides is 1. The SMILES string of the molecule is Cc1noc2nc(C3CC3)cc(C(=O)NCC(C)(O)c3ccco3)c12. The number of carbonyl (C=O) groups excluding carboxylic acids is 1. The Balaban J connectivity index is 1.62. The fourth-order valence-corrected chi connectivity index (χ4v) is 2.90. The molecule has 3 aromatic rings. The first-order valence-corrected chi connectivity index (χ1v) is 8.27. The minimum atomic E-state index is -1.30. The summed E-state index contributed by atoms with van der Waals surface area (Å²) in [5.74, 6) is 0.479. The molecule has 25 heavy (non-hydrogen) atoms. The summed E-state index contributed by atoms with van der Waals surface area (Å²) in [6, 6.07) is 5.17. The molecule has 3 aromatic heterocycles. The van der Waals surface area contributed by atoms with E-state index in [0.29, 0.717) is 34.0 Å². The van der Waals surface area contributed by atoms with Crippen molar-refractivity contribution < 1.29 is 18.8 Å². The quantitative estimate of drug-likeness (QED) is 0.740. The Hall–Kier alpha value is -2.67. The molecule has 2 N–H and O–H groups in total. The van der Waals surface area contributed by atoms with Crippen LogP contribution in [-0.2, 0) is 5.60 Å². The number of furan rings is 1. The number of aliphatic hydroxyl groups is 1. The molecule has 0 radical (unpaired) electrons. The van der Waals surface area contributed by atoms with Crippen molar-refractivity contribution in [3.63, 3.8) is 0 Å². The molecule has 1 saturated carbocycles. The van der Waals surface area contributed by atoms with Crippen LogP contribution in [0.4, 0.5) is 0 Å². The number of nitrogens with zero attached hydrogens (tertiary/aromatic N) is 2. The van der Waals surface area contributed by atoms with Gasteiger partial charge in [0.1, 0.15) is 11.4 Å². The summed E-state index contributed by atoms with van der Waals surface area (Å²) in [5, 5.41) is 17.8. The van der Waals surface area contributed by atoms with Crippen LogP contribution in [0.2, 0.25) is 0 Å². The Bertz CT molecular complexity index is 923. The number of pyridine rings is 1. The predicted octanol–water partition coefficient (Wildman–Crippen LogP) is 2.64. The van der Waals surface area contributed by atoms with E-state index in [1.807, 2.05) is 0 Å². The van der Waals surface area contributed by atoms with E-state index in [0.717, 1.165) is 18.5 Å². The van der Waals surface area contributed by atoms with Gasteiger partial charge in [0.05, 0.1) is 29.5 Å². The van der Waals surface area contributed by atoms with Crippen LogP contribution < -0.4 is 5.32 Å². The minimum absolute atomic E-state index is 0.0201. The summed E-state index contributed by atoms with van der Waals surface area (Å²) in [6.45, 7) is 3.39. The van der Waals surface area contributed by atoms with Gasteiger partial charge in [-0.3, -0.25) is 4.79 Å². The summed E-state index contributed by atoms with van der Waals surface area (Å²) >= 11 is 0. The number of fused-ring (bicyclic) bond motifs is 1. The van der Waals surface area contributed by atoms with Gasteiger partial charge >= 0.3 is 0 Å². The van der Waals surface area contributed by atoms with E-state index in [9.17, 15) is 9.90 Å². The van der Waals surface area contributed by atoms with Gasteiger partial charge in [0, 0.05) is 11.6 Å². The molecule has 1 atom stereocenters. The lowest BCUT2D eigenvalue weighted by atomic mass is 10.0. The highest BCUT2D eigenvalue weighted by Crippen LogP contribution is 2.40. The summed E-state index contributed by atoms with van der Waals surface area (Å²) in [5.41, 5.74) is 1.03. The molecule has 7 heteroatoms. The Labute approximate surface area is 144 Å². The largest absolute Gasteiger partial charge is 0.466 e. The monoisotopic (exact) mass is 341 g/mol. The molecule has 1 amide bonds. The van der Waals surface area contributed by atoms with Crippen molar-refractivity contribution in [2.24, 2.45) is 0 Å². The van der Waals surface area contributed by atoms with Gasteiger partial charge < -0.3 is 19.4 Å².